The molecule has 1 aromatic rings. The van der Waals surface area contributed by atoms with E-state index in [9.17, 15) is 14.9 Å². The topological polar surface area (TPSA) is 122 Å². The number of unbranched alkanes of at least 4 members (excludes halogenated alkanes) is 4. The quantitative estimate of drug-likeness (QED) is 0.215. The summed E-state index contributed by atoms with van der Waals surface area (Å²) in [4.78, 5) is 25.6. The number of carbonyl (C=O) groups is 1. The molecule has 212 valence electrons. The van der Waals surface area contributed by atoms with Crippen LogP contribution in [0.15, 0.2) is 24.3 Å². The number of fused-ring (bicyclic) bond motifs is 1. The van der Waals surface area contributed by atoms with Crippen LogP contribution in [0.25, 0.3) is 0 Å². The first-order chi connectivity index (χ1) is 18.3. The number of hydrogen-bond acceptors (Lipinski definition) is 9. The summed E-state index contributed by atoms with van der Waals surface area (Å²) in [6.45, 7) is 8.82. The minimum Gasteiger partial charge on any atom is -0.442 e. The third kappa shape index (κ3) is 7.63. The monoisotopic (exact) mass is 535 g/mol. The van der Waals surface area contributed by atoms with E-state index in [4.69, 9.17) is 23.7 Å². The lowest BCUT2D eigenvalue weighted by Gasteiger charge is -2.31. The molecule has 3 aliphatic heterocycles. The fraction of sp³-hybridized carbons (Fsp3) is 0.741. The van der Waals surface area contributed by atoms with Gasteiger partial charge in [0.25, 0.3) is 5.69 Å². The van der Waals surface area contributed by atoms with Gasteiger partial charge in [0.2, 0.25) is 0 Å². The molecule has 38 heavy (non-hydrogen) atoms. The lowest BCUT2D eigenvalue weighted by molar-refractivity contribution is -0.384. The normalized spacial score (nSPS) is 27.2. The molecule has 3 fully saturated rings. The SMILES string of the molecule is CCCCCCCO[C@H]1O[C@H](C(CN2CCCC2)OC(=O)Nc2ccc([N+](=O)[O-])cc2)[C@@H]2OC(C)(C)O[C@H]12. The molecule has 0 aliphatic carbocycles. The first kappa shape index (κ1) is 28.7. The molecule has 3 saturated heterocycles. The molecule has 0 radical (unpaired) electrons. The lowest BCUT2D eigenvalue weighted by atomic mass is 10.1. The minimum absolute atomic E-state index is 0.0568. The number of non-ortho nitro benzene ring substituents is 1. The number of benzene rings is 1. The second-order valence-electron chi connectivity index (χ2n) is 10.7. The Kier molecular flexibility index (Phi) is 9.94. The zero-order valence-corrected chi connectivity index (χ0v) is 22.6. The van der Waals surface area contributed by atoms with E-state index in [2.05, 4.69) is 17.1 Å². The van der Waals surface area contributed by atoms with Crippen LogP contribution in [0.5, 0.6) is 0 Å². The zero-order chi connectivity index (χ0) is 27.1. The number of nitrogens with zero attached hydrogens (tertiary/aromatic N) is 2. The summed E-state index contributed by atoms with van der Waals surface area (Å²) in [5.74, 6) is -0.806. The van der Waals surface area contributed by atoms with E-state index in [0.717, 1.165) is 38.8 Å². The van der Waals surface area contributed by atoms with Crippen LogP contribution in [0, 0.1) is 10.1 Å². The van der Waals surface area contributed by atoms with Gasteiger partial charge >= 0.3 is 6.09 Å². The van der Waals surface area contributed by atoms with Crippen LogP contribution >= 0.6 is 0 Å². The Bertz CT molecular complexity index is 921. The molecule has 1 aromatic carbocycles. The minimum atomic E-state index is -0.806. The maximum absolute atomic E-state index is 12.9. The Morgan fingerprint density at radius 1 is 1.13 bits per heavy atom. The fourth-order valence-electron chi connectivity index (χ4n) is 5.31. The number of nitrogens with one attached hydrogen (secondary N) is 1. The number of nitro benzene ring substituents is 1. The highest BCUT2D eigenvalue weighted by Gasteiger charge is 2.58. The fourth-order valence-corrected chi connectivity index (χ4v) is 5.31. The third-order valence-corrected chi connectivity index (χ3v) is 7.16. The van der Waals surface area contributed by atoms with Crippen molar-refractivity contribution >= 4 is 17.5 Å². The molecule has 4 rings (SSSR count). The Labute approximate surface area is 224 Å². The van der Waals surface area contributed by atoms with Gasteiger partial charge in [-0.15, -0.1) is 0 Å². The van der Waals surface area contributed by atoms with Crippen molar-refractivity contribution < 1.29 is 33.4 Å². The van der Waals surface area contributed by atoms with Gasteiger partial charge < -0.3 is 23.7 Å². The van der Waals surface area contributed by atoms with Crippen molar-refractivity contribution in [3.05, 3.63) is 34.4 Å². The molecule has 0 saturated carbocycles. The molecular weight excluding hydrogens is 494 g/mol. The van der Waals surface area contributed by atoms with Gasteiger partial charge in [-0.1, -0.05) is 32.6 Å². The number of rotatable bonds is 13. The summed E-state index contributed by atoms with van der Waals surface area (Å²) >= 11 is 0. The van der Waals surface area contributed by atoms with E-state index in [-0.39, 0.29) is 5.69 Å². The highest BCUT2D eigenvalue weighted by atomic mass is 16.8. The molecule has 11 heteroatoms. The van der Waals surface area contributed by atoms with E-state index in [0.29, 0.717) is 18.8 Å². The van der Waals surface area contributed by atoms with Crippen LogP contribution in [0.2, 0.25) is 0 Å². The Balaban J connectivity index is 1.42. The summed E-state index contributed by atoms with van der Waals surface area (Å²) in [5, 5.41) is 13.6. The first-order valence-electron chi connectivity index (χ1n) is 13.8. The van der Waals surface area contributed by atoms with Crippen molar-refractivity contribution in [1.82, 2.24) is 4.90 Å². The van der Waals surface area contributed by atoms with Crippen molar-refractivity contribution in [1.29, 1.82) is 0 Å². The summed E-state index contributed by atoms with van der Waals surface area (Å²) in [7, 11) is 0. The predicted octanol–water partition coefficient (Wildman–Crippen LogP) is 4.84. The van der Waals surface area contributed by atoms with Gasteiger partial charge in [-0.2, -0.15) is 0 Å². The second-order valence-corrected chi connectivity index (χ2v) is 10.7. The van der Waals surface area contributed by atoms with Crippen LogP contribution in [0.4, 0.5) is 16.2 Å². The van der Waals surface area contributed by atoms with E-state index in [1.807, 2.05) is 13.8 Å². The van der Waals surface area contributed by atoms with Crippen LogP contribution in [-0.4, -0.2) is 78.7 Å². The molecule has 1 N–H and O–H groups in total. The van der Waals surface area contributed by atoms with Crippen LogP contribution in [0.1, 0.15) is 65.7 Å². The molecule has 1 unspecified atom stereocenters. The highest BCUT2D eigenvalue weighted by Crippen LogP contribution is 2.41. The standard InChI is InChI=1S/C27H41N3O8/c1-4-5-6-7-10-17-34-25-24-23(37-27(2,3)38-24)22(36-25)21(18-29-15-8-9-16-29)35-26(31)28-19-11-13-20(14-12-19)30(32)33/h11-14,21-25H,4-10,15-18H2,1-3H3,(H,28,31)/t21?,22-,23+,24+,25+/m1/s1. The smallest absolute Gasteiger partial charge is 0.412 e. The Hall–Kier alpha value is -2.31. The van der Waals surface area contributed by atoms with E-state index < -0.39 is 47.5 Å². The highest BCUT2D eigenvalue weighted by molar-refractivity contribution is 5.84. The molecule has 0 bridgehead atoms. The number of hydrogen-bond donors (Lipinski definition) is 1. The van der Waals surface area contributed by atoms with Gasteiger partial charge in [0.05, 0.1) is 4.92 Å². The molecule has 0 spiro atoms. The molecule has 0 aromatic heterocycles. The molecular formula is C27H41N3O8. The third-order valence-electron chi connectivity index (χ3n) is 7.16. The van der Waals surface area contributed by atoms with Crippen molar-refractivity contribution in [2.75, 3.05) is 31.6 Å². The molecule has 5 atom stereocenters. The van der Waals surface area contributed by atoms with Crippen molar-refractivity contribution in [3.63, 3.8) is 0 Å². The van der Waals surface area contributed by atoms with E-state index in [1.165, 1.54) is 43.5 Å². The molecule has 1 amide bonds. The summed E-state index contributed by atoms with van der Waals surface area (Å²) < 4.78 is 30.8. The molecule has 3 heterocycles. The Morgan fingerprint density at radius 3 is 2.50 bits per heavy atom. The van der Waals surface area contributed by atoms with Crippen molar-refractivity contribution in [2.45, 2.75) is 102 Å². The average molecular weight is 536 g/mol. The van der Waals surface area contributed by atoms with Gasteiger partial charge in [-0.05, 0) is 58.3 Å². The Morgan fingerprint density at radius 2 is 1.82 bits per heavy atom. The number of carbonyl (C=O) groups excluding carboxylic acids is 1. The van der Waals surface area contributed by atoms with Crippen LogP contribution in [0.3, 0.4) is 0 Å². The maximum atomic E-state index is 12.9. The number of ether oxygens (including phenoxy) is 5. The second kappa shape index (κ2) is 13.2. The van der Waals surface area contributed by atoms with Crippen molar-refractivity contribution in [2.24, 2.45) is 0 Å². The van der Waals surface area contributed by atoms with Gasteiger partial charge in [-0.25, -0.2) is 4.79 Å². The number of anilines is 1. The van der Waals surface area contributed by atoms with Crippen molar-refractivity contribution in [3.8, 4) is 0 Å². The zero-order valence-electron chi connectivity index (χ0n) is 22.6. The van der Waals surface area contributed by atoms with Crippen LogP contribution in [-0.2, 0) is 23.7 Å². The number of nitro groups is 1. The summed E-state index contributed by atoms with van der Waals surface area (Å²) in [5.41, 5.74) is 0.343. The lowest BCUT2D eigenvalue weighted by Crippen LogP contribution is -2.47. The largest absolute Gasteiger partial charge is 0.442 e. The summed E-state index contributed by atoms with van der Waals surface area (Å²) in [6, 6.07) is 5.60. The van der Waals surface area contributed by atoms with Gasteiger partial charge in [-0.3, -0.25) is 20.3 Å². The van der Waals surface area contributed by atoms with Crippen LogP contribution < -0.4 is 5.32 Å². The maximum Gasteiger partial charge on any atom is 0.412 e. The summed E-state index contributed by atoms with van der Waals surface area (Å²) in [6.07, 6.45) is 4.47. The van der Waals surface area contributed by atoms with Gasteiger partial charge in [0.15, 0.2) is 12.1 Å². The predicted molar refractivity (Wildman–Crippen MR) is 140 cm³/mol. The average Bonchev–Trinajstić information content (AvgIpc) is 3.57. The molecule has 11 nitrogen and oxygen atoms in total. The first-order valence-corrected chi connectivity index (χ1v) is 13.8. The number of amides is 1. The van der Waals surface area contributed by atoms with Gasteiger partial charge in [0.1, 0.15) is 24.4 Å². The van der Waals surface area contributed by atoms with Gasteiger partial charge in [0, 0.05) is 31.0 Å². The van der Waals surface area contributed by atoms with E-state index >= 15 is 0 Å². The van der Waals surface area contributed by atoms with E-state index in [1.54, 1.807) is 0 Å². The number of likely N-dealkylation sites (tertiary alicyclic amines) is 1. The molecule has 3 aliphatic rings.